The lowest BCUT2D eigenvalue weighted by Crippen LogP contribution is -2.63. The van der Waals surface area contributed by atoms with E-state index < -0.39 is 10.5 Å². The van der Waals surface area contributed by atoms with Crippen molar-refractivity contribution in [1.29, 1.82) is 0 Å². The summed E-state index contributed by atoms with van der Waals surface area (Å²) >= 11 is 3.47. The van der Waals surface area contributed by atoms with Gasteiger partial charge in [-0.15, -0.1) is 0 Å². The summed E-state index contributed by atoms with van der Waals surface area (Å²) in [7, 11) is 0. The number of hydrogen-bond acceptors (Lipinski definition) is 4. The number of amidine groups is 1. The maximum Gasteiger partial charge on any atom is 0.269 e. The predicted octanol–water partition coefficient (Wildman–Crippen LogP) is 6.78. The van der Waals surface area contributed by atoms with Crippen molar-refractivity contribution >= 4 is 38.8 Å². The summed E-state index contributed by atoms with van der Waals surface area (Å²) in [6.07, 6.45) is 0. The van der Waals surface area contributed by atoms with Gasteiger partial charge in [0.25, 0.3) is 5.69 Å². The molecule has 1 heterocycles. The number of halogens is 1. The molecule has 0 aromatic heterocycles. The molecule has 0 N–H and O–H groups in total. The monoisotopic (exact) mass is 499 g/mol. The van der Waals surface area contributed by atoms with E-state index in [2.05, 4.69) is 15.9 Å². The Hall–Kier alpha value is -3.81. The smallest absolute Gasteiger partial charge is 0.258 e. The summed E-state index contributed by atoms with van der Waals surface area (Å²) in [5, 5.41) is 12.7. The van der Waals surface area contributed by atoms with Gasteiger partial charge < -0.3 is 0 Å². The molecule has 0 atom stereocenters. The highest BCUT2D eigenvalue weighted by Gasteiger charge is 2.55. The molecule has 0 amide bonds. The van der Waals surface area contributed by atoms with E-state index in [-0.39, 0.29) is 5.69 Å². The first-order valence-corrected chi connectivity index (χ1v) is 11.1. The lowest BCUT2D eigenvalue weighted by atomic mass is 9.82. The zero-order chi connectivity index (χ0) is 22.8. The van der Waals surface area contributed by atoms with Crippen molar-refractivity contribution in [3.63, 3.8) is 0 Å². The minimum Gasteiger partial charge on any atom is -0.258 e. The number of nitro benzene ring substituents is 1. The molecule has 4 aromatic rings. The van der Waals surface area contributed by atoms with E-state index in [1.807, 2.05) is 84.9 Å². The summed E-state index contributed by atoms with van der Waals surface area (Å²) in [5.41, 5.74) is 2.37. The van der Waals surface area contributed by atoms with E-state index >= 15 is 0 Å². The second-order valence-electron chi connectivity index (χ2n) is 7.48. The van der Waals surface area contributed by atoms with Crippen LogP contribution in [0.3, 0.4) is 0 Å². The number of anilines is 1. The van der Waals surface area contributed by atoms with Crippen LogP contribution >= 0.6 is 15.9 Å². The zero-order valence-electron chi connectivity index (χ0n) is 17.3. The van der Waals surface area contributed by atoms with Gasteiger partial charge in [0.1, 0.15) is 0 Å². The fourth-order valence-electron chi connectivity index (χ4n) is 3.85. The number of hydroxylamine groups is 1. The predicted molar refractivity (Wildman–Crippen MR) is 132 cm³/mol. The molecule has 4 aromatic carbocycles. The average Bonchev–Trinajstić information content (AvgIpc) is 2.85. The van der Waals surface area contributed by atoms with Crippen molar-refractivity contribution in [1.82, 2.24) is 0 Å². The number of benzene rings is 4. The van der Waals surface area contributed by atoms with Gasteiger partial charge in [-0.05, 0) is 47.5 Å². The van der Waals surface area contributed by atoms with Gasteiger partial charge >= 0.3 is 0 Å². The second kappa shape index (κ2) is 8.61. The van der Waals surface area contributed by atoms with Crippen LogP contribution in [0.25, 0.3) is 0 Å². The number of aliphatic imine (C=N–C) groups is 1. The number of nitro groups is 1. The van der Waals surface area contributed by atoms with Crippen LogP contribution in [0, 0.1) is 10.1 Å². The summed E-state index contributed by atoms with van der Waals surface area (Å²) in [6, 6.07) is 33.8. The van der Waals surface area contributed by atoms with Crippen molar-refractivity contribution in [2.24, 2.45) is 4.99 Å². The molecule has 0 spiro atoms. The maximum absolute atomic E-state index is 11.1. The number of non-ortho nitro benzene ring substituents is 1. The van der Waals surface area contributed by atoms with Crippen LogP contribution in [-0.4, -0.2) is 10.8 Å². The van der Waals surface area contributed by atoms with Crippen LogP contribution in [0.2, 0.25) is 0 Å². The minimum atomic E-state index is -0.933. The van der Waals surface area contributed by atoms with Gasteiger partial charge in [-0.25, -0.2) is 14.9 Å². The zero-order valence-corrected chi connectivity index (χ0v) is 18.9. The Kier molecular flexibility index (Phi) is 5.50. The van der Waals surface area contributed by atoms with Crippen LogP contribution in [0.1, 0.15) is 11.1 Å². The molecule has 7 heteroatoms. The molecule has 0 saturated carbocycles. The molecule has 0 aliphatic carbocycles. The van der Waals surface area contributed by atoms with Crippen molar-refractivity contribution in [2.75, 3.05) is 5.06 Å². The Labute approximate surface area is 199 Å². The summed E-state index contributed by atoms with van der Waals surface area (Å²) in [6.45, 7) is 0. The van der Waals surface area contributed by atoms with E-state index in [0.29, 0.717) is 11.5 Å². The highest BCUT2D eigenvalue weighted by Crippen LogP contribution is 2.47. The third-order valence-corrected chi connectivity index (χ3v) is 5.98. The normalized spacial score (nSPS) is 15.8. The molecule has 1 fully saturated rings. The van der Waals surface area contributed by atoms with Gasteiger partial charge in [0.05, 0.1) is 16.3 Å². The largest absolute Gasteiger partial charge is 0.269 e. The fourth-order valence-corrected chi connectivity index (χ4v) is 4.11. The van der Waals surface area contributed by atoms with Gasteiger partial charge in [-0.1, -0.05) is 76.6 Å². The molecule has 1 aliphatic rings. The van der Waals surface area contributed by atoms with Crippen LogP contribution < -0.4 is 5.06 Å². The van der Waals surface area contributed by atoms with E-state index in [4.69, 9.17) is 9.83 Å². The maximum atomic E-state index is 11.1. The molecule has 1 aliphatic heterocycles. The van der Waals surface area contributed by atoms with Crippen molar-refractivity contribution < 1.29 is 9.76 Å². The standard InChI is InChI=1S/C26H18BrN3O3/c27-21-11-13-22(14-12-21)28-25-26(19-7-3-1-4-8-19,20-9-5-2-6-10-20)33-29(25)23-15-17-24(18-16-23)30(31)32/h1-18H. The van der Waals surface area contributed by atoms with Crippen molar-refractivity contribution in [3.8, 4) is 0 Å². The Balaban J connectivity index is 1.68. The van der Waals surface area contributed by atoms with Crippen LogP contribution in [0.4, 0.5) is 17.1 Å². The number of nitrogens with zero attached hydrogens (tertiary/aromatic N) is 3. The van der Waals surface area contributed by atoms with Gasteiger partial charge in [-0.3, -0.25) is 10.1 Å². The van der Waals surface area contributed by atoms with Gasteiger partial charge in [0.15, 0.2) is 5.84 Å². The Morgan fingerprint density at radius 3 is 1.85 bits per heavy atom. The lowest BCUT2D eigenvalue weighted by Gasteiger charge is -2.51. The molecule has 0 unspecified atom stereocenters. The Morgan fingerprint density at radius 2 is 1.33 bits per heavy atom. The van der Waals surface area contributed by atoms with Crippen molar-refractivity contribution in [2.45, 2.75) is 5.60 Å². The molecule has 0 radical (unpaired) electrons. The Morgan fingerprint density at radius 1 is 0.788 bits per heavy atom. The van der Waals surface area contributed by atoms with Gasteiger partial charge in [0, 0.05) is 16.6 Å². The summed E-state index contributed by atoms with van der Waals surface area (Å²) in [5.74, 6) is 0.663. The van der Waals surface area contributed by atoms with E-state index in [9.17, 15) is 10.1 Å². The first kappa shape index (κ1) is 21.1. The first-order valence-electron chi connectivity index (χ1n) is 10.3. The molecule has 6 nitrogen and oxygen atoms in total. The van der Waals surface area contributed by atoms with Gasteiger partial charge in [-0.2, -0.15) is 0 Å². The molecule has 0 bridgehead atoms. The van der Waals surface area contributed by atoms with Crippen LogP contribution in [-0.2, 0) is 10.4 Å². The SMILES string of the molecule is O=[N+]([O-])c1ccc(N2OC(c3ccccc3)(c3ccccc3)C2=Nc2ccc(Br)cc2)cc1. The lowest BCUT2D eigenvalue weighted by molar-refractivity contribution is -0.384. The minimum absolute atomic E-state index is 0.0167. The first-order chi connectivity index (χ1) is 16.1. The highest BCUT2D eigenvalue weighted by molar-refractivity contribution is 9.10. The van der Waals surface area contributed by atoms with E-state index in [0.717, 1.165) is 21.3 Å². The molecule has 33 heavy (non-hydrogen) atoms. The number of rotatable bonds is 5. The van der Waals surface area contributed by atoms with Gasteiger partial charge in [0.2, 0.25) is 5.60 Å². The quantitative estimate of drug-likeness (QED) is 0.224. The van der Waals surface area contributed by atoms with E-state index in [1.165, 1.54) is 12.1 Å². The Bertz CT molecular complexity index is 1270. The fraction of sp³-hybridized carbons (Fsp3) is 0.0385. The molecular formula is C26H18BrN3O3. The molecular weight excluding hydrogens is 482 g/mol. The number of hydrogen-bond donors (Lipinski definition) is 0. The topological polar surface area (TPSA) is 68.0 Å². The molecule has 1 saturated heterocycles. The third-order valence-electron chi connectivity index (χ3n) is 5.45. The van der Waals surface area contributed by atoms with Crippen LogP contribution in [0.5, 0.6) is 0 Å². The van der Waals surface area contributed by atoms with E-state index in [1.54, 1.807) is 17.2 Å². The summed E-state index contributed by atoms with van der Waals surface area (Å²) in [4.78, 5) is 22.2. The average molecular weight is 500 g/mol. The molecule has 5 rings (SSSR count). The third kappa shape index (κ3) is 3.82. The highest BCUT2D eigenvalue weighted by atomic mass is 79.9. The van der Waals surface area contributed by atoms with Crippen LogP contribution in [0.15, 0.2) is 119 Å². The van der Waals surface area contributed by atoms with Crippen molar-refractivity contribution in [3.05, 3.63) is 135 Å². The summed E-state index contributed by atoms with van der Waals surface area (Å²) < 4.78 is 0.959. The second-order valence-corrected chi connectivity index (χ2v) is 8.40. The molecule has 162 valence electrons.